The van der Waals surface area contributed by atoms with Crippen LogP contribution in [0.1, 0.15) is 17.5 Å². The molecule has 2 heterocycles. The SMILES string of the molecule is C=CCCN(CCNC=O)c1snc2nc(-c3c(C)ccc(N)c3C=N)c(Cl)cc12. The molecule has 3 aromatic rings. The number of carbonyl (C=O) groups is 1. The Hall–Kier alpha value is -2.97. The number of nitrogens with zero attached hydrogens (tertiary/aromatic N) is 3. The van der Waals surface area contributed by atoms with Crippen molar-refractivity contribution in [2.45, 2.75) is 13.3 Å². The van der Waals surface area contributed by atoms with E-state index in [0.29, 0.717) is 47.1 Å². The number of rotatable bonds is 10. The van der Waals surface area contributed by atoms with Crippen LogP contribution in [0.5, 0.6) is 0 Å². The zero-order valence-corrected chi connectivity index (χ0v) is 18.2. The molecule has 30 heavy (non-hydrogen) atoms. The summed E-state index contributed by atoms with van der Waals surface area (Å²) in [6.45, 7) is 7.62. The molecule has 0 aliphatic carbocycles. The van der Waals surface area contributed by atoms with Gasteiger partial charge in [0.1, 0.15) is 5.00 Å². The number of halogens is 1. The molecule has 4 N–H and O–H groups in total. The van der Waals surface area contributed by atoms with Crippen LogP contribution in [0.15, 0.2) is 30.9 Å². The Morgan fingerprint density at radius 1 is 1.40 bits per heavy atom. The minimum absolute atomic E-state index is 0.468. The molecule has 156 valence electrons. The summed E-state index contributed by atoms with van der Waals surface area (Å²) in [5, 5.41) is 12.7. The predicted octanol–water partition coefficient (Wildman–Crippen LogP) is 4.03. The van der Waals surface area contributed by atoms with Crippen LogP contribution >= 0.6 is 23.1 Å². The fraction of sp³-hybridized carbons (Fsp3) is 0.238. The summed E-state index contributed by atoms with van der Waals surface area (Å²) in [4.78, 5) is 17.5. The van der Waals surface area contributed by atoms with E-state index in [-0.39, 0.29) is 0 Å². The molecular weight excluding hydrogens is 420 g/mol. The Morgan fingerprint density at radius 3 is 2.90 bits per heavy atom. The molecule has 1 aromatic carbocycles. The quantitative estimate of drug-likeness (QED) is 0.144. The number of carbonyl (C=O) groups excluding carboxylic acids is 1. The Bertz CT molecular complexity index is 1100. The molecule has 0 aliphatic heterocycles. The summed E-state index contributed by atoms with van der Waals surface area (Å²) in [5.74, 6) is 0. The zero-order chi connectivity index (χ0) is 21.7. The summed E-state index contributed by atoms with van der Waals surface area (Å²) in [5.41, 5.74) is 9.97. The first-order valence-electron chi connectivity index (χ1n) is 9.40. The number of nitrogen functional groups attached to an aromatic ring is 1. The summed E-state index contributed by atoms with van der Waals surface area (Å²) >= 11 is 8.00. The zero-order valence-electron chi connectivity index (χ0n) is 16.6. The van der Waals surface area contributed by atoms with Gasteiger partial charge in [0.2, 0.25) is 6.41 Å². The van der Waals surface area contributed by atoms with E-state index in [1.165, 1.54) is 17.7 Å². The Labute approximate surface area is 184 Å². The average Bonchev–Trinajstić information content (AvgIpc) is 3.14. The highest BCUT2D eigenvalue weighted by Crippen LogP contribution is 2.39. The van der Waals surface area contributed by atoms with Crippen LogP contribution in [-0.2, 0) is 4.79 Å². The minimum Gasteiger partial charge on any atom is -0.398 e. The van der Waals surface area contributed by atoms with Gasteiger partial charge in [-0.2, -0.15) is 4.37 Å². The number of hydrogen-bond donors (Lipinski definition) is 3. The lowest BCUT2D eigenvalue weighted by atomic mass is 9.97. The van der Waals surface area contributed by atoms with E-state index in [9.17, 15) is 4.79 Å². The second-order valence-corrected chi connectivity index (χ2v) is 7.88. The maximum atomic E-state index is 10.6. The second-order valence-electron chi connectivity index (χ2n) is 6.72. The Morgan fingerprint density at radius 2 is 2.20 bits per heavy atom. The molecule has 0 fully saturated rings. The molecule has 1 amide bonds. The van der Waals surface area contributed by atoms with Crippen LogP contribution in [0.2, 0.25) is 5.02 Å². The first-order valence-corrected chi connectivity index (χ1v) is 10.6. The topological polar surface area (TPSA) is 108 Å². The Balaban J connectivity index is 2.09. The molecule has 9 heteroatoms. The van der Waals surface area contributed by atoms with Gasteiger partial charge in [-0.25, -0.2) is 4.98 Å². The smallest absolute Gasteiger partial charge is 0.207 e. The van der Waals surface area contributed by atoms with E-state index in [0.717, 1.165) is 34.5 Å². The van der Waals surface area contributed by atoms with Crippen LogP contribution in [0.25, 0.3) is 22.3 Å². The molecule has 0 bridgehead atoms. The van der Waals surface area contributed by atoms with Gasteiger partial charge < -0.3 is 21.4 Å². The molecule has 0 spiro atoms. The number of amides is 1. The third kappa shape index (κ3) is 4.29. The first-order chi connectivity index (χ1) is 14.5. The van der Waals surface area contributed by atoms with Gasteiger partial charge in [0.15, 0.2) is 5.65 Å². The van der Waals surface area contributed by atoms with Crippen molar-refractivity contribution in [2.24, 2.45) is 0 Å². The first kappa shape index (κ1) is 21.7. The van der Waals surface area contributed by atoms with Crippen molar-refractivity contribution in [2.75, 3.05) is 30.3 Å². The van der Waals surface area contributed by atoms with E-state index < -0.39 is 0 Å². The van der Waals surface area contributed by atoms with Crippen molar-refractivity contribution < 1.29 is 4.79 Å². The molecule has 0 radical (unpaired) electrons. The van der Waals surface area contributed by atoms with Gasteiger partial charge in [0.25, 0.3) is 0 Å². The third-order valence-corrected chi connectivity index (χ3v) is 5.98. The number of anilines is 2. The summed E-state index contributed by atoms with van der Waals surface area (Å²) in [6.07, 6.45) is 4.57. The van der Waals surface area contributed by atoms with Gasteiger partial charge in [-0.05, 0) is 42.6 Å². The van der Waals surface area contributed by atoms with E-state index in [2.05, 4.69) is 21.2 Å². The maximum Gasteiger partial charge on any atom is 0.207 e. The molecule has 0 aliphatic rings. The number of pyridine rings is 1. The van der Waals surface area contributed by atoms with Crippen molar-refractivity contribution >= 4 is 57.5 Å². The average molecular weight is 443 g/mol. The standard InChI is InChI=1S/C21H23ClN6OS/c1-3-4-8-28(9-7-25-12-29)21-14-10-16(22)19(26-20(14)27-30-21)18-13(2)5-6-17(24)15(18)11-23/h3,5-6,10-12,23H,1,4,7-9,24H2,2H3,(H,25,29). The summed E-state index contributed by atoms with van der Waals surface area (Å²) in [6, 6.07) is 5.53. The van der Waals surface area contributed by atoms with Crippen molar-refractivity contribution in [1.29, 1.82) is 5.41 Å². The molecule has 7 nitrogen and oxygen atoms in total. The maximum absolute atomic E-state index is 10.6. The number of nitrogens with one attached hydrogen (secondary N) is 2. The molecule has 0 saturated heterocycles. The van der Waals surface area contributed by atoms with Gasteiger partial charge in [-0.1, -0.05) is 23.7 Å². The van der Waals surface area contributed by atoms with Gasteiger partial charge in [0.05, 0.1) is 16.1 Å². The second kappa shape index (κ2) is 9.69. The number of fused-ring (bicyclic) bond motifs is 1. The van der Waals surface area contributed by atoms with Gasteiger partial charge >= 0.3 is 0 Å². The molecular formula is C21H23ClN6OS. The van der Waals surface area contributed by atoms with Gasteiger partial charge in [-0.3, -0.25) is 4.79 Å². The summed E-state index contributed by atoms with van der Waals surface area (Å²) in [7, 11) is 0. The van der Waals surface area contributed by atoms with Gasteiger partial charge in [0, 0.05) is 42.7 Å². The lowest BCUT2D eigenvalue weighted by Gasteiger charge is -2.22. The number of aryl methyl sites for hydroxylation is 1. The van der Waals surface area contributed by atoms with E-state index in [4.69, 9.17) is 27.7 Å². The van der Waals surface area contributed by atoms with Crippen LogP contribution in [0.3, 0.4) is 0 Å². The van der Waals surface area contributed by atoms with Crippen molar-refractivity contribution in [3.8, 4) is 11.3 Å². The van der Waals surface area contributed by atoms with Crippen LogP contribution in [0.4, 0.5) is 10.7 Å². The van der Waals surface area contributed by atoms with Crippen LogP contribution in [-0.4, -0.2) is 41.6 Å². The van der Waals surface area contributed by atoms with E-state index in [1.807, 2.05) is 25.1 Å². The normalized spacial score (nSPS) is 10.7. The highest BCUT2D eigenvalue weighted by Gasteiger charge is 2.20. The lowest BCUT2D eigenvalue weighted by Crippen LogP contribution is -2.31. The molecule has 2 aromatic heterocycles. The molecule has 3 rings (SSSR count). The number of nitrogens with two attached hydrogens (primary N) is 1. The third-order valence-electron chi connectivity index (χ3n) is 4.77. The molecule has 0 unspecified atom stereocenters. The fourth-order valence-corrected chi connectivity index (χ4v) is 4.38. The van der Waals surface area contributed by atoms with Gasteiger partial charge in [-0.15, -0.1) is 6.58 Å². The predicted molar refractivity (Wildman–Crippen MR) is 126 cm³/mol. The number of benzene rings is 1. The van der Waals surface area contributed by atoms with Crippen LogP contribution in [0, 0.1) is 12.3 Å². The summed E-state index contributed by atoms with van der Waals surface area (Å²) < 4.78 is 4.54. The number of aromatic nitrogens is 2. The van der Waals surface area contributed by atoms with Crippen molar-refractivity contribution in [3.05, 3.63) is 47.0 Å². The number of hydrogen-bond acceptors (Lipinski definition) is 7. The van der Waals surface area contributed by atoms with E-state index >= 15 is 0 Å². The van der Waals surface area contributed by atoms with Crippen molar-refractivity contribution in [3.63, 3.8) is 0 Å². The highest BCUT2D eigenvalue weighted by molar-refractivity contribution is 7.11. The molecule has 0 atom stereocenters. The molecule has 0 saturated carbocycles. The lowest BCUT2D eigenvalue weighted by molar-refractivity contribution is -0.109. The highest BCUT2D eigenvalue weighted by atomic mass is 35.5. The monoisotopic (exact) mass is 442 g/mol. The van der Waals surface area contributed by atoms with Crippen molar-refractivity contribution in [1.82, 2.24) is 14.7 Å². The van der Waals surface area contributed by atoms with Crippen LogP contribution < -0.4 is 16.0 Å². The minimum atomic E-state index is 0.468. The largest absolute Gasteiger partial charge is 0.398 e. The Kier molecular flexibility index (Phi) is 7.02. The fourth-order valence-electron chi connectivity index (χ4n) is 3.28. The van der Waals surface area contributed by atoms with E-state index in [1.54, 1.807) is 6.07 Å².